The summed E-state index contributed by atoms with van der Waals surface area (Å²) < 4.78 is 40.6. The third-order valence-corrected chi connectivity index (χ3v) is 24.0. The van der Waals surface area contributed by atoms with Crippen molar-refractivity contribution in [3.63, 3.8) is 0 Å². The Labute approximate surface area is 517 Å². The molecule has 6 saturated heterocycles. The molecule has 16 fully saturated rings. The number of carbonyl (C=O) groups is 9. The van der Waals surface area contributed by atoms with Gasteiger partial charge in [0.1, 0.15) is 22.9 Å². The summed E-state index contributed by atoms with van der Waals surface area (Å²) in [6.45, 7) is 31.8. The van der Waals surface area contributed by atoms with E-state index < -0.39 is 73.3 Å². The lowest BCUT2D eigenvalue weighted by Gasteiger charge is -2.55. The minimum atomic E-state index is -1.02. The molecular formula is C70H106O17. The lowest BCUT2D eigenvalue weighted by molar-refractivity contribution is -0.246. The predicted molar refractivity (Wildman–Crippen MR) is 319 cm³/mol. The number of aliphatic carboxylic acids is 1. The number of carbonyl (C=O) groups excluding carboxylic acids is 8. The maximum atomic E-state index is 12.9. The van der Waals surface area contributed by atoms with Gasteiger partial charge in [0.05, 0.1) is 44.8 Å². The summed E-state index contributed by atoms with van der Waals surface area (Å²) in [6.07, 6.45) is 17.7. The van der Waals surface area contributed by atoms with Gasteiger partial charge in [-0.05, 0) is 199 Å². The summed E-state index contributed by atoms with van der Waals surface area (Å²) in [5, 5.41) is 9.74. The van der Waals surface area contributed by atoms with Gasteiger partial charge in [0.2, 0.25) is 0 Å². The highest BCUT2D eigenvalue weighted by Crippen LogP contribution is 2.65. The van der Waals surface area contributed by atoms with E-state index in [4.69, 9.17) is 33.2 Å². The summed E-state index contributed by atoms with van der Waals surface area (Å²) in [4.78, 5) is 112. The second kappa shape index (κ2) is 22.4. The fourth-order valence-corrected chi connectivity index (χ4v) is 19.1. The average molecular weight is 1220 g/mol. The van der Waals surface area contributed by atoms with E-state index in [0.29, 0.717) is 82.0 Å². The molecule has 0 radical (unpaired) electrons. The molecule has 6 aliphatic heterocycles. The van der Waals surface area contributed by atoms with E-state index in [0.717, 1.165) is 77.0 Å². The summed E-state index contributed by atoms with van der Waals surface area (Å²) in [7, 11) is 0. The maximum Gasteiger partial charge on any atom is 0.314 e. The standard InChI is InChI=1S/C19H30O3.C18H28O4.C17H24O6.C16H24O4/c1-6-16(2,3)15(21)22-19-11-17(4)8-13(7-14(19)20)9-18(5,10-17)12-19;1-6-15(2,3)14(20)22-18-8-12-7-16(4,10-18)9-17(5,11-18)21-13(12)19;1-4-15(2,3)14(21)23-17-6-10-5-16(9-17,13(19)20)7-11(8-17)22-12(10)18;1-4-15(2,3)14(18)20-16-8-10-5-11(9-16)7-12(6-10)13(17)19-16/h13H,6-12H2,1-5H3;12H,6-11H2,1-5H3;10-11H,4-9H2,1-3H3,(H,19,20);10-12H,4-9H2,1-3H3. The second-order valence-electron chi connectivity index (χ2n) is 34.4. The molecule has 12 atom stereocenters. The van der Waals surface area contributed by atoms with Crippen molar-refractivity contribution < 1.29 is 81.4 Å². The van der Waals surface area contributed by atoms with Crippen molar-refractivity contribution in [3.8, 4) is 0 Å². The molecule has 16 bridgehead atoms. The number of carboxylic acids is 1. The van der Waals surface area contributed by atoms with Crippen molar-refractivity contribution >= 4 is 53.5 Å². The molecule has 0 aromatic carbocycles. The van der Waals surface area contributed by atoms with E-state index >= 15 is 0 Å². The van der Waals surface area contributed by atoms with Crippen molar-refractivity contribution in [1.29, 1.82) is 0 Å². The van der Waals surface area contributed by atoms with Crippen LogP contribution in [0.3, 0.4) is 0 Å². The Bertz CT molecular complexity index is 2760. The molecule has 17 heteroatoms. The van der Waals surface area contributed by atoms with Crippen LogP contribution in [0.25, 0.3) is 0 Å². The van der Waals surface area contributed by atoms with Gasteiger partial charge in [-0.3, -0.25) is 43.2 Å². The van der Waals surface area contributed by atoms with Crippen LogP contribution in [0, 0.1) is 78.8 Å². The average Bonchev–Trinajstić information content (AvgIpc) is 1.70. The monoisotopic (exact) mass is 1220 g/mol. The number of esters is 7. The molecule has 12 unspecified atom stereocenters. The summed E-state index contributed by atoms with van der Waals surface area (Å²) in [6, 6.07) is 0. The van der Waals surface area contributed by atoms with E-state index in [-0.39, 0.29) is 88.5 Å². The van der Waals surface area contributed by atoms with Gasteiger partial charge < -0.3 is 38.3 Å². The fraction of sp³-hybridized carbons (Fsp3) is 0.871. The number of ketones is 1. The Morgan fingerprint density at radius 2 is 0.931 bits per heavy atom. The van der Waals surface area contributed by atoms with E-state index in [1.54, 1.807) is 0 Å². The Kier molecular flexibility index (Phi) is 17.2. The van der Waals surface area contributed by atoms with Gasteiger partial charge in [-0.2, -0.15) is 0 Å². The Morgan fingerprint density at radius 1 is 0.460 bits per heavy atom. The third-order valence-electron chi connectivity index (χ3n) is 24.0. The first-order valence-corrected chi connectivity index (χ1v) is 33.3. The predicted octanol–water partition coefficient (Wildman–Crippen LogP) is 13.2. The zero-order chi connectivity index (χ0) is 64.4. The van der Waals surface area contributed by atoms with Crippen molar-refractivity contribution in [2.75, 3.05) is 0 Å². The van der Waals surface area contributed by atoms with Crippen LogP contribution in [-0.4, -0.2) is 92.9 Å². The van der Waals surface area contributed by atoms with Crippen molar-refractivity contribution in [3.05, 3.63) is 0 Å². The van der Waals surface area contributed by atoms with E-state index in [1.807, 2.05) is 90.0 Å². The van der Waals surface area contributed by atoms with E-state index in [9.17, 15) is 48.3 Å². The molecule has 1 N–H and O–H groups in total. The smallest absolute Gasteiger partial charge is 0.314 e. The van der Waals surface area contributed by atoms with Crippen LogP contribution in [0.4, 0.5) is 0 Å². The lowest BCUT2D eigenvalue weighted by Crippen LogP contribution is -2.56. The lowest BCUT2D eigenvalue weighted by atomic mass is 9.52. The maximum absolute atomic E-state index is 12.9. The Morgan fingerprint density at radius 3 is 1.46 bits per heavy atom. The van der Waals surface area contributed by atoms with Gasteiger partial charge in [-0.25, -0.2) is 0 Å². The first-order chi connectivity index (χ1) is 40.0. The molecule has 0 aromatic heterocycles. The van der Waals surface area contributed by atoms with Crippen LogP contribution >= 0.6 is 0 Å². The molecule has 16 aliphatic rings. The fourth-order valence-electron chi connectivity index (χ4n) is 19.1. The molecule has 10 saturated carbocycles. The molecule has 6 heterocycles. The van der Waals surface area contributed by atoms with Crippen molar-refractivity contribution in [2.45, 2.75) is 306 Å². The number of ether oxygens (including phenoxy) is 7. The number of hydrogen-bond donors (Lipinski definition) is 1. The topological polar surface area (TPSA) is 238 Å². The minimum absolute atomic E-state index is 0.0265. The number of rotatable bonds is 13. The highest BCUT2D eigenvalue weighted by molar-refractivity contribution is 5.92. The zero-order valence-electron chi connectivity index (χ0n) is 55.7. The number of hydrogen-bond acceptors (Lipinski definition) is 16. The van der Waals surface area contributed by atoms with Crippen LogP contribution in [0.15, 0.2) is 0 Å². The highest BCUT2D eigenvalue weighted by atomic mass is 16.7. The number of Topliss-reactive ketones (excluding diaryl/α,β-unsaturated/α-hetero) is 1. The Hall–Kier alpha value is -4.57. The van der Waals surface area contributed by atoms with Crippen LogP contribution in [0.5, 0.6) is 0 Å². The van der Waals surface area contributed by atoms with Gasteiger partial charge in [-0.15, -0.1) is 0 Å². The Balaban J connectivity index is 0.000000138. The van der Waals surface area contributed by atoms with Crippen LogP contribution < -0.4 is 0 Å². The van der Waals surface area contributed by atoms with E-state index in [1.165, 1.54) is 6.42 Å². The largest absolute Gasteiger partial charge is 0.481 e. The molecule has 0 spiro atoms. The zero-order valence-corrected chi connectivity index (χ0v) is 55.7. The number of carboxylic acid groups (broad SMARTS) is 1. The molecule has 488 valence electrons. The second-order valence-corrected chi connectivity index (χ2v) is 34.4. The molecular weight excluding hydrogens is 1110 g/mol. The van der Waals surface area contributed by atoms with Crippen LogP contribution in [0.1, 0.15) is 271 Å². The molecule has 87 heavy (non-hydrogen) atoms. The van der Waals surface area contributed by atoms with Crippen LogP contribution in [-0.2, 0) is 76.3 Å². The highest BCUT2D eigenvalue weighted by Gasteiger charge is 2.67. The molecule has 17 nitrogen and oxygen atoms in total. The van der Waals surface area contributed by atoms with Gasteiger partial charge in [0, 0.05) is 57.8 Å². The van der Waals surface area contributed by atoms with Crippen molar-refractivity contribution in [1.82, 2.24) is 0 Å². The normalized spacial score (nSPS) is 41.5. The van der Waals surface area contributed by atoms with E-state index in [2.05, 4.69) is 20.8 Å². The summed E-state index contributed by atoms with van der Waals surface area (Å²) in [5.41, 5.74) is -5.60. The molecule has 16 rings (SSSR count). The quantitative estimate of drug-likeness (QED) is 0.133. The summed E-state index contributed by atoms with van der Waals surface area (Å²) >= 11 is 0. The van der Waals surface area contributed by atoms with Crippen molar-refractivity contribution in [2.24, 2.45) is 78.8 Å². The van der Waals surface area contributed by atoms with Gasteiger partial charge in [-0.1, -0.05) is 48.5 Å². The SMILES string of the molecule is CCC(C)(C)C(=O)OC12CC3(C)CC(CC1=O)CC(C)(C3)C2.CCC(C)(C)C(=O)OC12CC3CC(C(=O)O)(CC(C1)C(=O)O3)C2.CCC(C)(C)C(=O)OC12CC3CC(C)(CC(C)(C1)OC3=O)C2.CCC(C)(C)C(=O)OC12CC3CC(CC(C3)C(=O)O1)C2. The first-order valence-electron chi connectivity index (χ1n) is 33.3. The molecule has 10 aliphatic carbocycles. The number of fused-ring (bicyclic) bond motifs is 4. The summed E-state index contributed by atoms with van der Waals surface area (Å²) in [5.74, 6) is -2.38. The molecule has 0 amide bonds. The first kappa shape index (κ1) is 66.8. The van der Waals surface area contributed by atoms with Gasteiger partial charge >= 0.3 is 47.8 Å². The van der Waals surface area contributed by atoms with Gasteiger partial charge in [0.25, 0.3) is 5.79 Å². The van der Waals surface area contributed by atoms with Crippen LogP contribution in [0.2, 0.25) is 0 Å². The minimum Gasteiger partial charge on any atom is -0.481 e. The van der Waals surface area contributed by atoms with Gasteiger partial charge in [0.15, 0.2) is 11.4 Å². The molecule has 0 aromatic rings. The third kappa shape index (κ3) is 13.2.